The molecule has 0 saturated carbocycles. The van der Waals surface area contributed by atoms with Gasteiger partial charge in [-0.1, -0.05) is 0 Å². The van der Waals surface area contributed by atoms with Gasteiger partial charge in [-0.25, -0.2) is 4.98 Å². The average Bonchev–Trinajstić information content (AvgIpc) is 2.88. The van der Waals surface area contributed by atoms with E-state index in [9.17, 15) is 9.59 Å². The first kappa shape index (κ1) is 12.5. The van der Waals surface area contributed by atoms with Crippen LogP contribution in [0.3, 0.4) is 0 Å². The Bertz CT molecular complexity index is 641. The molecule has 1 aliphatic heterocycles. The lowest BCUT2D eigenvalue weighted by molar-refractivity contribution is -0.112. The first-order chi connectivity index (χ1) is 9.26. The molecule has 2 aromatic heterocycles. The maximum Gasteiger partial charge on any atom is 0.258 e. The van der Waals surface area contributed by atoms with Crippen LogP contribution in [0, 0.1) is 5.92 Å². The third-order valence-corrected chi connectivity index (χ3v) is 4.32. The Balaban J connectivity index is 1.75. The number of fused-ring (bicyclic) bond motifs is 1. The lowest BCUT2D eigenvalue weighted by atomic mass is 9.98. The number of thiazole rings is 1. The third-order valence-electron chi connectivity index (χ3n) is 3.57. The van der Waals surface area contributed by atoms with Crippen LogP contribution in [-0.4, -0.2) is 33.7 Å². The summed E-state index contributed by atoms with van der Waals surface area (Å²) in [6.07, 6.45) is 4.61. The van der Waals surface area contributed by atoms with Crippen LogP contribution in [-0.2, 0) is 11.3 Å². The molecule has 19 heavy (non-hydrogen) atoms. The van der Waals surface area contributed by atoms with Gasteiger partial charge in [0.2, 0.25) is 0 Å². The van der Waals surface area contributed by atoms with Crippen molar-refractivity contribution in [2.45, 2.75) is 19.4 Å². The van der Waals surface area contributed by atoms with Crippen molar-refractivity contribution in [3.63, 3.8) is 0 Å². The number of rotatable bonds is 3. The van der Waals surface area contributed by atoms with Crippen LogP contribution in [0.15, 0.2) is 22.4 Å². The molecule has 3 heterocycles. The first-order valence-electron chi connectivity index (χ1n) is 6.40. The zero-order chi connectivity index (χ0) is 13.2. The lowest BCUT2D eigenvalue weighted by Gasteiger charge is -2.29. The number of aromatic nitrogens is 2. The number of hydrogen-bond acceptors (Lipinski definition) is 5. The van der Waals surface area contributed by atoms with E-state index in [0.29, 0.717) is 6.54 Å². The van der Waals surface area contributed by atoms with Gasteiger partial charge in [-0.3, -0.25) is 14.1 Å². The van der Waals surface area contributed by atoms with Crippen molar-refractivity contribution in [2.24, 2.45) is 5.92 Å². The molecule has 6 heteroatoms. The van der Waals surface area contributed by atoms with Crippen LogP contribution in [0.2, 0.25) is 0 Å². The van der Waals surface area contributed by atoms with E-state index in [0.717, 1.165) is 42.9 Å². The molecule has 3 rings (SSSR count). The largest absolute Gasteiger partial charge is 0.303 e. The fraction of sp³-hybridized carbons (Fsp3) is 0.462. The Kier molecular flexibility index (Phi) is 3.44. The first-order valence-corrected chi connectivity index (χ1v) is 7.27. The average molecular weight is 277 g/mol. The van der Waals surface area contributed by atoms with Crippen molar-refractivity contribution in [3.05, 3.63) is 33.7 Å². The summed E-state index contributed by atoms with van der Waals surface area (Å²) in [6, 6.07) is 1.60. The summed E-state index contributed by atoms with van der Waals surface area (Å²) in [5.41, 5.74) is 0.793. The highest BCUT2D eigenvalue weighted by molar-refractivity contribution is 7.15. The number of likely N-dealkylation sites (tertiary alicyclic amines) is 1. The van der Waals surface area contributed by atoms with E-state index in [-0.39, 0.29) is 11.5 Å². The summed E-state index contributed by atoms with van der Waals surface area (Å²) >= 11 is 1.47. The quantitative estimate of drug-likeness (QED) is 0.790. The van der Waals surface area contributed by atoms with E-state index < -0.39 is 0 Å². The number of hydrogen-bond donors (Lipinski definition) is 0. The zero-order valence-corrected chi connectivity index (χ0v) is 11.3. The van der Waals surface area contributed by atoms with Crippen LogP contribution in [0.4, 0.5) is 0 Å². The normalized spacial score (nSPS) is 17.9. The molecule has 1 aliphatic rings. The highest BCUT2D eigenvalue weighted by Crippen LogP contribution is 2.16. The Morgan fingerprint density at radius 3 is 2.95 bits per heavy atom. The minimum Gasteiger partial charge on any atom is -0.303 e. The molecule has 100 valence electrons. The van der Waals surface area contributed by atoms with E-state index in [1.807, 2.05) is 5.38 Å². The predicted octanol–water partition coefficient (Wildman–Crippen LogP) is 1.17. The summed E-state index contributed by atoms with van der Waals surface area (Å²) in [4.78, 5) is 30.1. The van der Waals surface area contributed by atoms with Crippen molar-refractivity contribution < 1.29 is 4.79 Å². The SMILES string of the molecule is O=CC1CCN(Cc2cc(=O)n3ccsc3n2)CC1. The van der Waals surface area contributed by atoms with Crippen molar-refractivity contribution >= 4 is 22.6 Å². The van der Waals surface area contributed by atoms with Gasteiger partial charge in [-0.2, -0.15) is 0 Å². The molecule has 0 atom stereocenters. The summed E-state index contributed by atoms with van der Waals surface area (Å²) in [6.45, 7) is 2.49. The van der Waals surface area contributed by atoms with Crippen LogP contribution in [0.1, 0.15) is 18.5 Å². The molecule has 0 spiro atoms. The minimum absolute atomic E-state index is 0.0240. The molecule has 0 aliphatic carbocycles. The zero-order valence-electron chi connectivity index (χ0n) is 10.5. The smallest absolute Gasteiger partial charge is 0.258 e. The standard InChI is InChI=1S/C13H15N3O2S/c17-9-10-1-3-15(4-2-10)8-11-7-12(18)16-5-6-19-13(16)14-11/h5-7,9-10H,1-4,8H2. The van der Waals surface area contributed by atoms with Gasteiger partial charge in [0.25, 0.3) is 5.56 Å². The monoisotopic (exact) mass is 277 g/mol. The van der Waals surface area contributed by atoms with Crippen LogP contribution >= 0.6 is 11.3 Å². The molecule has 0 amide bonds. The van der Waals surface area contributed by atoms with Crippen molar-refractivity contribution in [3.8, 4) is 0 Å². The molecule has 2 aromatic rings. The van der Waals surface area contributed by atoms with Gasteiger partial charge in [-0.15, -0.1) is 11.3 Å². The summed E-state index contributed by atoms with van der Waals surface area (Å²) in [7, 11) is 0. The Morgan fingerprint density at radius 2 is 2.21 bits per heavy atom. The van der Waals surface area contributed by atoms with Gasteiger partial charge in [0.05, 0.1) is 5.69 Å². The second kappa shape index (κ2) is 5.22. The second-order valence-electron chi connectivity index (χ2n) is 4.89. The number of carbonyl (C=O) groups excluding carboxylic acids is 1. The van der Waals surface area contributed by atoms with E-state index in [1.54, 1.807) is 16.7 Å². The number of nitrogens with zero attached hydrogens (tertiary/aromatic N) is 3. The highest BCUT2D eigenvalue weighted by Gasteiger charge is 2.19. The molecule has 0 radical (unpaired) electrons. The maximum atomic E-state index is 11.9. The predicted molar refractivity (Wildman–Crippen MR) is 73.4 cm³/mol. The fourth-order valence-electron chi connectivity index (χ4n) is 2.45. The van der Waals surface area contributed by atoms with Gasteiger partial charge in [0.1, 0.15) is 6.29 Å². The van der Waals surface area contributed by atoms with E-state index in [1.165, 1.54) is 11.3 Å². The van der Waals surface area contributed by atoms with Gasteiger partial charge in [0, 0.05) is 30.1 Å². The maximum absolute atomic E-state index is 11.9. The topological polar surface area (TPSA) is 54.7 Å². The molecule has 0 N–H and O–H groups in total. The lowest BCUT2D eigenvalue weighted by Crippen LogP contribution is -2.34. The molecule has 1 fully saturated rings. The van der Waals surface area contributed by atoms with E-state index in [4.69, 9.17) is 0 Å². The Labute approximate surface area is 114 Å². The molecular weight excluding hydrogens is 262 g/mol. The summed E-state index contributed by atoms with van der Waals surface area (Å²) < 4.78 is 1.56. The third kappa shape index (κ3) is 2.59. The number of carbonyl (C=O) groups is 1. The van der Waals surface area contributed by atoms with Gasteiger partial charge >= 0.3 is 0 Å². The molecule has 1 saturated heterocycles. The van der Waals surface area contributed by atoms with Gasteiger partial charge in [0.15, 0.2) is 4.96 Å². The van der Waals surface area contributed by atoms with Crippen molar-refractivity contribution in [1.29, 1.82) is 0 Å². The highest BCUT2D eigenvalue weighted by atomic mass is 32.1. The van der Waals surface area contributed by atoms with Crippen molar-refractivity contribution in [2.75, 3.05) is 13.1 Å². The van der Waals surface area contributed by atoms with Gasteiger partial charge < -0.3 is 4.79 Å². The fourth-order valence-corrected chi connectivity index (χ4v) is 3.18. The van der Waals surface area contributed by atoms with Crippen LogP contribution in [0.5, 0.6) is 0 Å². The Morgan fingerprint density at radius 1 is 1.42 bits per heavy atom. The number of piperidine rings is 1. The van der Waals surface area contributed by atoms with Crippen molar-refractivity contribution in [1.82, 2.24) is 14.3 Å². The minimum atomic E-state index is -0.0240. The van der Waals surface area contributed by atoms with Gasteiger partial charge in [-0.05, 0) is 25.9 Å². The van der Waals surface area contributed by atoms with Crippen LogP contribution < -0.4 is 5.56 Å². The van der Waals surface area contributed by atoms with E-state index >= 15 is 0 Å². The molecule has 5 nitrogen and oxygen atoms in total. The molecular formula is C13H15N3O2S. The number of aldehydes is 1. The summed E-state index contributed by atoms with van der Waals surface area (Å²) in [5, 5.41) is 1.86. The summed E-state index contributed by atoms with van der Waals surface area (Å²) in [5.74, 6) is 0.203. The second-order valence-corrected chi connectivity index (χ2v) is 5.76. The van der Waals surface area contributed by atoms with E-state index in [2.05, 4.69) is 9.88 Å². The molecule has 0 aromatic carbocycles. The Hall–Kier alpha value is -1.53. The van der Waals surface area contributed by atoms with Crippen LogP contribution in [0.25, 0.3) is 4.96 Å². The molecule has 0 bridgehead atoms. The molecule has 0 unspecified atom stereocenters.